The fourth-order valence-electron chi connectivity index (χ4n) is 9.20. The summed E-state index contributed by atoms with van der Waals surface area (Å²) in [5, 5.41) is 3.58. The van der Waals surface area contributed by atoms with Crippen LogP contribution in [0.25, 0.3) is 0 Å². The van der Waals surface area contributed by atoms with Crippen molar-refractivity contribution in [1.82, 2.24) is 15.1 Å². The highest BCUT2D eigenvalue weighted by Crippen LogP contribution is 2.49. The third kappa shape index (κ3) is 6.43. The van der Waals surface area contributed by atoms with Crippen molar-refractivity contribution in [3.8, 4) is 23.0 Å². The van der Waals surface area contributed by atoms with E-state index in [0.717, 1.165) is 81.8 Å². The van der Waals surface area contributed by atoms with Crippen LogP contribution in [0.3, 0.4) is 0 Å². The smallest absolute Gasteiger partial charge is 0.228 e. The Labute approximate surface area is 281 Å². The van der Waals surface area contributed by atoms with Gasteiger partial charge in [0.25, 0.3) is 0 Å². The van der Waals surface area contributed by atoms with Crippen molar-refractivity contribution in [3.05, 3.63) is 46.5 Å². The van der Waals surface area contributed by atoms with Gasteiger partial charge in [-0.1, -0.05) is 20.3 Å². The van der Waals surface area contributed by atoms with E-state index in [2.05, 4.69) is 53.2 Å². The average Bonchev–Trinajstić information content (AvgIpc) is 3.64. The van der Waals surface area contributed by atoms with Gasteiger partial charge in [0.2, 0.25) is 5.91 Å². The predicted molar refractivity (Wildman–Crippen MR) is 183 cm³/mol. The van der Waals surface area contributed by atoms with Gasteiger partial charge in [-0.3, -0.25) is 9.69 Å². The highest BCUT2D eigenvalue weighted by Gasteiger charge is 2.44. The van der Waals surface area contributed by atoms with E-state index in [1.54, 1.807) is 35.5 Å². The first kappa shape index (κ1) is 33.9. The van der Waals surface area contributed by atoms with Crippen molar-refractivity contribution in [2.45, 2.75) is 83.0 Å². The van der Waals surface area contributed by atoms with E-state index < -0.39 is 0 Å². The summed E-state index contributed by atoms with van der Waals surface area (Å²) in [4.78, 5) is 19.5. The molecule has 2 aromatic rings. The second kappa shape index (κ2) is 14.6. The standard InChI is InChI=1S/C38H55N3O6/c1-8-24-22-40-14-11-25-18-33(43-3)35(45-5)20-28(25)31(40)16-27(24)17-32-29-21-36(46-6)34(44-4)19-26(29)12-15-41(32)38(42)23(2)37(47-7)30-10-9-13-39-30/h18-21,23-24,27,30-32,37,39H,8-17,22H2,1-7H3/t23-,24+,27-,30+,31+,32-,37-/m1/s1. The summed E-state index contributed by atoms with van der Waals surface area (Å²) in [7, 11) is 8.56. The summed E-state index contributed by atoms with van der Waals surface area (Å²) in [6.45, 7) is 8.17. The Balaban J connectivity index is 1.35. The van der Waals surface area contributed by atoms with E-state index in [1.807, 2.05) is 0 Å². The minimum absolute atomic E-state index is 0.0541. The molecule has 258 valence electrons. The normalized spacial score (nSPS) is 26.9. The van der Waals surface area contributed by atoms with Crippen LogP contribution in [0.4, 0.5) is 0 Å². The number of carbonyl (C=O) groups excluding carboxylic acids is 1. The molecule has 4 aliphatic heterocycles. The summed E-state index contributed by atoms with van der Waals surface area (Å²) in [5.74, 6) is 3.96. The van der Waals surface area contributed by atoms with Crippen LogP contribution in [-0.4, -0.2) is 89.6 Å². The molecule has 4 heterocycles. The van der Waals surface area contributed by atoms with Crippen LogP contribution in [0.15, 0.2) is 24.3 Å². The molecule has 0 saturated carbocycles. The molecule has 4 aliphatic rings. The monoisotopic (exact) mass is 649 g/mol. The van der Waals surface area contributed by atoms with Gasteiger partial charge in [-0.05, 0) is 103 Å². The second-order valence-corrected chi connectivity index (χ2v) is 14.0. The Kier molecular flexibility index (Phi) is 10.5. The fourth-order valence-corrected chi connectivity index (χ4v) is 9.20. The van der Waals surface area contributed by atoms with Crippen LogP contribution < -0.4 is 24.3 Å². The van der Waals surface area contributed by atoms with Gasteiger partial charge in [0, 0.05) is 38.8 Å². The Bertz CT molecular complexity index is 1410. The number of piperidine rings is 1. The molecule has 0 radical (unpaired) electrons. The maximum absolute atomic E-state index is 14.6. The number of ether oxygens (including phenoxy) is 5. The van der Waals surface area contributed by atoms with Crippen LogP contribution in [0.5, 0.6) is 23.0 Å². The van der Waals surface area contributed by atoms with Gasteiger partial charge in [-0.15, -0.1) is 0 Å². The first-order valence-corrected chi connectivity index (χ1v) is 17.7. The molecule has 0 aromatic heterocycles. The highest BCUT2D eigenvalue weighted by atomic mass is 16.5. The Morgan fingerprint density at radius 1 is 0.872 bits per heavy atom. The number of nitrogens with one attached hydrogen (secondary N) is 1. The van der Waals surface area contributed by atoms with E-state index in [1.165, 1.54) is 22.3 Å². The Hall–Kier alpha value is -3.01. The molecule has 6 rings (SSSR count). The summed E-state index contributed by atoms with van der Waals surface area (Å²) in [6.07, 6.45) is 6.87. The van der Waals surface area contributed by atoms with Crippen LogP contribution in [-0.2, 0) is 22.4 Å². The first-order valence-electron chi connectivity index (χ1n) is 17.7. The van der Waals surface area contributed by atoms with E-state index >= 15 is 0 Å². The number of rotatable bonds is 11. The fraction of sp³-hybridized carbons (Fsp3) is 0.658. The average molecular weight is 650 g/mol. The van der Waals surface area contributed by atoms with Gasteiger partial charge < -0.3 is 33.9 Å². The molecule has 0 unspecified atom stereocenters. The van der Waals surface area contributed by atoms with Crippen molar-refractivity contribution < 1.29 is 28.5 Å². The van der Waals surface area contributed by atoms with Gasteiger partial charge in [0.15, 0.2) is 23.0 Å². The number of hydrogen-bond donors (Lipinski definition) is 1. The quantitative estimate of drug-likeness (QED) is 0.338. The number of fused-ring (bicyclic) bond motifs is 4. The van der Waals surface area contributed by atoms with Gasteiger partial charge in [0.05, 0.1) is 46.5 Å². The molecule has 2 fully saturated rings. The zero-order chi connectivity index (χ0) is 33.2. The van der Waals surface area contributed by atoms with Crippen molar-refractivity contribution >= 4 is 5.91 Å². The van der Waals surface area contributed by atoms with E-state index in [4.69, 9.17) is 23.7 Å². The highest BCUT2D eigenvalue weighted by molar-refractivity contribution is 5.80. The molecule has 2 aromatic carbocycles. The lowest BCUT2D eigenvalue weighted by Crippen LogP contribution is -2.51. The second-order valence-electron chi connectivity index (χ2n) is 14.0. The SMILES string of the molecule is CC[C@H]1CN2CCc3cc(OC)c(OC)cc3[C@@H]2C[C@@H]1C[C@@H]1c2cc(OC)c(OC)cc2CCN1C(=O)[C@H](C)[C@@H](OC)[C@@H]1CCCN1. The van der Waals surface area contributed by atoms with Crippen molar-refractivity contribution in [2.24, 2.45) is 17.8 Å². The van der Waals surface area contributed by atoms with E-state index in [9.17, 15) is 4.79 Å². The van der Waals surface area contributed by atoms with Crippen LogP contribution in [0.1, 0.15) is 80.3 Å². The minimum atomic E-state index is -0.253. The number of methoxy groups -OCH3 is 5. The molecule has 47 heavy (non-hydrogen) atoms. The largest absolute Gasteiger partial charge is 0.493 e. The Morgan fingerprint density at radius 2 is 1.49 bits per heavy atom. The van der Waals surface area contributed by atoms with E-state index in [-0.39, 0.29) is 30.0 Å². The lowest BCUT2D eigenvalue weighted by molar-refractivity contribution is -0.144. The topological polar surface area (TPSA) is 81.7 Å². The molecular weight excluding hydrogens is 594 g/mol. The number of nitrogens with zero attached hydrogens (tertiary/aromatic N) is 2. The lowest BCUT2D eigenvalue weighted by Gasteiger charge is -2.49. The maximum Gasteiger partial charge on any atom is 0.228 e. The molecular formula is C38H55N3O6. The van der Waals surface area contributed by atoms with Crippen molar-refractivity contribution in [1.29, 1.82) is 0 Å². The van der Waals surface area contributed by atoms with Crippen LogP contribution in [0, 0.1) is 17.8 Å². The summed E-state index contributed by atoms with van der Waals surface area (Å²) < 4.78 is 29.0. The summed E-state index contributed by atoms with van der Waals surface area (Å²) >= 11 is 0. The number of hydrogen-bond acceptors (Lipinski definition) is 8. The third-order valence-electron chi connectivity index (χ3n) is 11.8. The molecule has 9 nitrogen and oxygen atoms in total. The zero-order valence-corrected chi connectivity index (χ0v) is 29.5. The first-order chi connectivity index (χ1) is 22.8. The summed E-state index contributed by atoms with van der Waals surface area (Å²) in [5.41, 5.74) is 5.15. The Morgan fingerprint density at radius 3 is 2.09 bits per heavy atom. The lowest BCUT2D eigenvalue weighted by atomic mass is 9.72. The van der Waals surface area contributed by atoms with Crippen LogP contribution >= 0.6 is 0 Å². The molecule has 2 saturated heterocycles. The molecule has 0 spiro atoms. The molecule has 9 heteroatoms. The van der Waals surface area contributed by atoms with Crippen molar-refractivity contribution in [3.63, 3.8) is 0 Å². The van der Waals surface area contributed by atoms with Gasteiger partial charge in [-0.25, -0.2) is 0 Å². The molecule has 1 N–H and O–H groups in total. The number of carbonyl (C=O) groups is 1. The third-order valence-corrected chi connectivity index (χ3v) is 11.8. The number of benzene rings is 2. The molecule has 0 bridgehead atoms. The van der Waals surface area contributed by atoms with E-state index in [0.29, 0.717) is 30.2 Å². The predicted octanol–water partition coefficient (Wildman–Crippen LogP) is 5.59. The van der Waals surface area contributed by atoms with Gasteiger partial charge >= 0.3 is 0 Å². The molecule has 1 amide bonds. The maximum atomic E-state index is 14.6. The minimum Gasteiger partial charge on any atom is -0.493 e. The van der Waals surface area contributed by atoms with Crippen molar-refractivity contribution in [2.75, 3.05) is 61.7 Å². The van der Waals surface area contributed by atoms with Crippen LogP contribution in [0.2, 0.25) is 0 Å². The number of amides is 1. The summed E-state index contributed by atoms with van der Waals surface area (Å²) in [6, 6.07) is 9.12. The van der Waals surface area contributed by atoms with Gasteiger partial charge in [0.1, 0.15) is 0 Å². The zero-order valence-electron chi connectivity index (χ0n) is 29.5. The molecule has 0 aliphatic carbocycles. The van der Waals surface area contributed by atoms with Gasteiger partial charge in [-0.2, -0.15) is 0 Å². The molecule has 7 atom stereocenters.